The van der Waals surface area contributed by atoms with Gasteiger partial charge >= 0.3 is 0 Å². The van der Waals surface area contributed by atoms with Gasteiger partial charge in [0.15, 0.2) is 0 Å². The Bertz CT molecular complexity index is 747. The maximum absolute atomic E-state index is 12.7. The summed E-state index contributed by atoms with van der Waals surface area (Å²) in [5.74, 6) is 0.619. The number of hydrogen-bond donors (Lipinski definition) is 1. The summed E-state index contributed by atoms with van der Waals surface area (Å²) in [6.45, 7) is 3.32. The van der Waals surface area contributed by atoms with Crippen molar-refractivity contribution < 1.29 is 9.90 Å². The summed E-state index contributed by atoms with van der Waals surface area (Å²) < 4.78 is 1.63. The smallest absolute Gasteiger partial charge is 0.257 e. The fourth-order valence-electron chi connectivity index (χ4n) is 3.42. The molecule has 1 atom stereocenters. The van der Waals surface area contributed by atoms with Crippen LogP contribution in [-0.4, -0.2) is 67.9 Å². The molecule has 25 heavy (non-hydrogen) atoms. The first-order valence-electron chi connectivity index (χ1n) is 8.37. The van der Waals surface area contributed by atoms with Gasteiger partial charge in [0.1, 0.15) is 5.82 Å². The number of aliphatic hydroxyl groups is 1. The zero-order valence-electron chi connectivity index (χ0n) is 14.9. The Labute approximate surface area is 147 Å². The molecule has 2 aromatic heterocycles. The van der Waals surface area contributed by atoms with Crippen LogP contribution in [0.25, 0.3) is 0 Å². The second kappa shape index (κ2) is 6.79. The number of aromatic nitrogens is 4. The number of β-amino-alcohol motifs (C(OH)–C–C–N with tert-alkyl or cyclic N) is 1. The lowest BCUT2D eigenvalue weighted by atomic mass is 9.92. The molecule has 2 aromatic rings. The predicted molar refractivity (Wildman–Crippen MR) is 93.3 cm³/mol. The Hall–Kier alpha value is -2.48. The zero-order chi connectivity index (χ0) is 18.0. The minimum absolute atomic E-state index is 0.129. The number of nitrogens with zero attached hydrogens (tertiary/aromatic N) is 6. The van der Waals surface area contributed by atoms with Crippen LogP contribution in [-0.2, 0) is 7.05 Å². The summed E-state index contributed by atoms with van der Waals surface area (Å²) in [5.41, 5.74) is 0.280. The topological polar surface area (TPSA) is 87.4 Å². The van der Waals surface area contributed by atoms with Crippen LogP contribution in [0.4, 0.5) is 5.82 Å². The summed E-state index contributed by atoms with van der Waals surface area (Å²) in [5, 5.41) is 15.3. The van der Waals surface area contributed by atoms with Gasteiger partial charge in [0.25, 0.3) is 5.91 Å². The van der Waals surface area contributed by atoms with E-state index in [-0.39, 0.29) is 12.5 Å². The molecule has 3 heterocycles. The zero-order valence-corrected chi connectivity index (χ0v) is 14.9. The van der Waals surface area contributed by atoms with Gasteiger partial charge in [-0.15, -0.1) is 0 Å². The number of hydrogen-bond acceptors (Lipinski definition) is 6. The van der Waals surface area contributed by atoms with Crippen molar-refractivity contribution in [3.05, 3.63) is 36.0 Å². The number of carbonyl (C=O) groups excluding carboxylic acids is 1. The quantitative estimate of drug-likeness (QED) is 0.875. The molecule has 1 fully saturated rings. The molecule has 0 unspecified atom stereocenters. The van der Waals surface area contributed by atoms with Crippen molar-refractivity contribution in [2.45, 2.75) is 25.4 Å². The first-order chi connectivity index (χ1) is 11.9. The van der Waals surface area contributed by atoms with E-state index in [4.69, 9.17) is 0 Å². The van der Waals surface area contributed by atoms with Gasteiger partial charge in [-0.1, -0.05) is 0 Å². The van der Waals surface area contributed by atoms with E-state index < -0.39 is 5.60 Å². The van der Waals surface area contributed by atoms with Crippen LogP contribution in [0.3, 0.4) is 0 Å². The second-order valence-corrected chi connectivity index (χ2v) is 6.78. The Kier molecular flexibility index (Phi) is 4.71. The van der Waals surface area contributed by atoms with Gasteiger partial charge in [0.2, 0.25) is 0 Å². The molecule has 0 radical (unpaired) electrons. The van der Waals surface area contributed by atoms with Gasteiger partial charge in [-0.3, -0.25) is 14.5 Å². The third-order valence-corrected chi connectivity index (χ3v) is 4.55. The van der Waals surface area contributed by atoms with Gasteiger partial charge < -0.3 is 14.9 Å². The normalized spacial score (nSPS) is 20.6. The molecule has 0 spiro atoms. The third kappa shape index (κ3) is 3.79. The van der Waals surface area contributed by atoms with Crippen molar-refractivity contribution in [2.75, 3.05) is 31.6 Å². The fraction of sp³-hybridized carbons (Fsp3) is 0.529. The standard InChI is InChI=1S/C17H24N6O2/c1-13-14(10-22(3)20-13)16(24)21(2)11-17(25)5-4-8-23(12-17)15-9-18-6-7-19-15/h6-7,9-10,25H,4-5,8,11-12H2,1-3H3/t17-/m0/s1. The highest BCUT2D eigenvalue weighted by atomic mass is 16.3. The van der Waals surface area contributed by atoms with Crippen LogP contribution < -0.4 is 4.90 Å². The minimum atomic E-state index is -0.976. The number of likely N-dealkylation sites (N-methyl/N-ethyl adjacent to an activating group) is 1. The molecule has 1 aliphatic heterocycles. The highest BCUT2D eigenvalue weighted by Crippen LogP contribution is 2.25. The van der Waals surface area contributed by atoms with E-state index in [1.165, 1.54) is 0 Å². The predicted octanol–water partition coefficient (Wildman–Crippen LogP) is 0.622. The molecule has 3 rings (SSSR count). The number of aryl methyl sites for hydroxylation is 2. The van der Waals surface area contributed by atoms with Crippen LogP contribution in [0.15, 0.2) is 24.8 Å². The number of rotatable bonds is 4. The molecular weight excluding hydrogens is 320 g/mol. The summed E-state index contributed by atoms with van der Waals surface area (Å²) in [6, 6.07) is 0. The third-order valence-electron chi connectivity index (χ3n) is 4.55. The van der Waals surface area contributed by atoms with Crippen molar-refractivity contribution in [1.82, 2.24) is 24.6 Å². The van der Waals surface area contributed by atoms with Gasteiger partial charge in [0.05, 0.1) is 29.6 Å². The molecule has 1 saturated heterocycles. The van der Waals surface area contributed by atoms with Gasteiger partial charge in [-0.2, -0.15) is 5.10 Å². The fourth-order valence-corrected chi connectivity index (χ4v) is 3.42. The molecule has 0 saturated carbocycles. The Morgan fingerprint density at radius 3 is 2.88 bits per heavy atom. The molecular formula is C17H24N6O2. The molecule has 1 N–H and O–H groups in total. The Morgan fingerprint density at radius 1 is 1.44 bits per heavy atom. The van der Waals surface area contributed by atoms with Crippen LogP contribution in [0, 0.1) is 6.92 Å². The van der Waals surface area contributed by atoms with E-state index in [1.807, 2.05) is 11.8 Å². The summed E-state index contributed by atoms with van der Waals surface area (Å²) >= 11 is 0. The first kappa shape index (κ1) is 17.3. The molecule has 8 nitrogen and oxygen atoms in total. The van der Waals surface area contributed by atoms with E-state index >= 15 is 0 Å². The summed E-state index contributed by atoms with van der Waals surface area (Å²) in [6.07, 6.45) is 8.16. The number of carbonyl (C=O) groups is 1. The Morgan fingerprint density at radius 2 is 2.24 bits per heavy atom. The average Bonchev–Trinajstić information content (AvgIpc) is 2.93. The lowest BCUT2D eigenvalue weighted by Gasteiger charge is -2.41. The molecule has 8 heteroatoms. The number of amides is 1. The molecule has 1 aliphatic rings. The highest BCUT2D eigenvalue weighted by Gasteiger charge is 2.36. The van der Waals surface area contributed by atoms with Gasteiger partial charge in [-0.25, -0.2) is 4.98 Å². The van der Waals surface area contributed by atoms with Crippen LogP contribution >= 0.6 is 0 Å². The Balaban J connectivity index is 1.70. The van der Waals surface area contributed by atoms with Crippen LogP contribution in [0.2, 0.25) is 0 Å². The van der Waals surface area contributed by atoms with E-state index in [9.17, 15) is 9.90 Å². The summed E-state index contributed by atoms with van der Waals surface area (Å²) in [4.78, 5) is 24.7. The largest absolute Gasteiger partial charge is 0.386 e. The SMILES string of the molecule is Cc1nn(C)cc1C(=O)N(C)C[C@@]1(O)CCCN(c2cnccn2)C1. The van der Waals surface area contributed by atoms with Crippen LogP contribution in [0.5, 0.6) is 0 Å². The molecule has 0 aromatic carbocycles. The number of anilines is 1. The van der Waals surface area contributed by atoms with Crippen LogP contribution in [0.1, 0.15) is 28.9 Å². The molecule has 0 aliphatic carbocycles. The van der Waals surface area contributed by atoms with E-state index in [0.717, 1.165) is 18.8 Å². The van der Waals surface area contributed by atoms with Crippen molar-refractivity contribution in [1.29, 1.82) is 0 Å². The minimum Gasteiger partial charge on any atom is -0.386 e. The van der Waals surface area contributed by atoms with Crippen molar-refractivity contribution >= 4 is 11.7 Å². The summed E-state index contributed by atoms with van der Waals surface area (Å²) in [7, 11) is 3.51. The second-order valence-electron chi connectivity index (χ2n) is 6.78. The van der Waals surface area contributed by atoms with Gasteiger partial charge in [0, 0.05) is 45.8 Å². The lowest BCUT2D eigenvalue weighted by molar-refractivity contribution is -0.000169. The van der Waals surface area contributed by atoms with E-state index in [2.05, 4.69) is 15.1 Å². The van der Waals surface area contributed by atoms with Crippen molar-refractivity contribution in [3.8, 4) is 0 Å². The lowest BCUT2D eigenvalue weighted by Crippen LogP contribution is -2.55. The van der Waals surface area contributed by atoms with E-state index in [0.29, 0.717) is 24.2 Å². The molecule has 1 amide bonds. The molecule has 134 valence electrons. The maximum Gasteiger partial charge on any atom is 0.257 e. The monoisotopic (exact) mass is 344 g/mol. The average molecular weight is 344 g/mol. The molecule has 0 bridgehead atoms. The van der Waals surface area contributed by atoms with Gasteiger partial charge in [-0.05, 0) is 19.8 Å². The highest BCUT2D eigenvalue weighted by molar-refractivity contribution is 5.94. The first-order valence-corrected chi connectivity index (χ1v) is 8.37. The maximum atomic E-state index is 12.7. The van der Waals surface area contributed by atoms with E-state index in [1.54, 1.807) is 48.5 Å². The number of piperidine rings is 1. The van der Waals surface area contributed by atoms with Crippen molar-refractivity contribution in [2.24, 2.45) is 7.05 Å². The van der Waals surface area contributed by atoms with Crippen molar-refractivity contribution in [3.63, 3.8) is 0 Å².